The van der Waals surface area contributed by atoms with Crippen LogP contribution in [0.2, 0.25) is 0 Å². The first-order valence-electron chi connectivity index (χ1n) is 17.8. The molecule has 0 unspecified atom stereocenters. The average molecular weight is 707 g/mol. The fraction of sp³-hybridized carbons (Fsp3) is 0.200. The van der Waals surface area contributed by atoms with Crippen LogP contribution >= 0.6 is 0 Å². The number of carbonyl (C=O) groups is 4. The molecule has 0 bridgehead atoms. The summed E-state index contributed by atoms with van der Waals surface area (Å²) in [6.07, 6.45) is 0.0617. The predicted octanol–water partition coefficient (Wildman–Crippen LogP) is 7.63. The number of nitrogens with two attached hydrogens (primary N) is 1. The third-order valence-corrected chi connectivity index (χ3v) is 9.15. The standard InChI is InChI=1S/C45H42N2O6/c46-42(48)29-39(26-33-22-23-34-16-7-8-17-35(34)25-33)53-45(51)41(20-11-21-43(49)52-30-32-14-5-2-6-15-32)47-44(50)40-28-37-19-10-9-18-36(37)27-38(40)24-31-12-3-1-4-13-31/h1-10,12-19,22-23,25,27-28,39,41H,11,20-21,24,26,29-30H2,(H2,46,48)(H,47,50)/t39-,41-/m0/s1. The normalized spacial score (nSPS) is 12.2. The van der Waals surface area contributed by atoms with Crippen molar-refractivity contribution < 1.29 is 28.7 Å². The summed E-state index contributed by atoms with van der Waals surface area (Å²) in [6.45, 7) is 0.137. The van der Waals surface area contributed by atoms with Crippen LogP contribution in [0, 0.1) is 0 Å². The monoisotopic (exact) mass is 706 g/mol. The summed E-state index contributed by atoms with van der Waals surface area (Å²) in [5, 5.41) is 6.86. The number of fused-ring (bicyclic) bond motifs is 2. The summed E-state index contributed by atoms with van der Waals surface area (Å²) in [6, 6.07) is 43.5. The number of carbonyl (C=O) groups excluding carboxylic acids is 4. The van der Waals surface area contributed by atoms with Crippen molar-refractivity contribution in [2.24, 2.45) is 5.73 Å². The number of nitrogens with one attached hydrogen (secondary N) is 1. The van der Waals surface area contributed by atoms with Crippen molar-refractivity contribution in [3.05, 3.63) is 167 Å². The maximum Gasteiger partial charge on any atom is 0.328 e. The molecule has 0 aliphatic rings. The Morgan fingerprint density at radius 1 is 0.642 bits per heavy atom. The molecule has 0 saturated carbocycles. The molecule has 0 aliphatic carbocycles. The Morgan fingerprint density at radius 2 is 1.25 bits per heavy atom. The van der Waals surface area contributed by atoms with E-state index in [1.807, 2.05) is 140 Å². The first-order chi connectivity index (χ1) is 25.8. The van der Waals surface area contributed by atoms with Crippen LogP contribution < -0.4 is 11.1 Å². The van der Waals surface area contributed by atoms with Crippen LogP contribution in [0.5, 0.6) is 0 Å². The topological polar surface area (TPSA) is 125 Å². The zero-order valence-corrected chi connectivity index (χ0v) is 29.4. The molecule has 6 aromatic carbocycles. The van der Waals surface area contributed by atoms with E-state index >= 15 is 0 Å². The van der Waals surface area contributed by atoms with Gasteiger partial charge in [0.15, 0.2) is 0 Å². The van der Waals surface area contributed by atoms with Crippen LogP contribution in [0.4, 0.5) is 0 Å². The molecule has 6 rings (SSSR count). The van der Waals surface area contributed by atoms with Gasteiger partial charge in [-0.05, 0) is 69.1 Å². The average Bonchev–Trinajstić information content (AvgIpc) is 3.17. The minimum atomic E-state index is -1.12. The molecular weight excluding hydrogens is 665 g/mol. The van der Waals surface area contributed by atoms with Crippen LogP contribution in [0.1, 0.15) is 58.3 Å². The van der Waals surface area contributed by atoms with Gasteiger partial charge in [-0.3, -0.25) is 14.4 Å². The Bertz CT molecular complexity index is 2200. The van der Waals surface area contributed by atoms with Crippen molar-refractivity contribution in [3.8, 4) is 0 Å². The molecule has 0 aromatic heterocycles. The Labute approximate surface area is 308 Å². The first-order valence-corrected chi connectivity index (χ1v) is 17.8. The van der Waals surface area contributed by atoms with E-state index in [4.69, 9.17) is 15.2 Å². The molecule has 6 aromatic rings. The third kappa shape index (κ3) is 10.4. The van der Waals surface area contributed by atoms with E-state index in [0.29, 0.717) is 12.0 Å². The van der Waals surface area contributed by atoms with E-state index < -0.39 is 35.9 Å². The van der Waals surface area contributed by atoms with Gasteiger partial charge in [-0.1, -0.05) is 133 Å². The number of esters is 2. The van der Waals surface area contributed by atoms with Crippen LogP contribution in [-0.4, -0.2) is 35.9 Å². The van der Waals surface area contributed by atoms with Gasteiger partial charge < -0.3 is 20.5 Å². The lowest BCUT2D eigenvalue weighted by atomic mass is 9.95. The number of benzene rings is 6. The highest BCUT2D eigenvalue weighted by atomic mass is 16.5. The summed E-state index contributed by atoms with van der Waals surface area (Å²) in [7, 11) is 0. The molecule has 2 amide bonds. The maximum atomic E-state index is 14.2. The molecule has 8 heteroatoms. The van der Waals surface area contributed by atoms with E-state index in [9.17, 15) is 19.2 Å². The molecule has 0 heterocycles. The molecular formula is C45H42N2O6. The van der Waals surface area contributed by atoms with E-state index in [1.54, 1.807) is 0 Å². The van der Waals surface area contributed by atoms with Crippen molar-refractivity contribution in [1.29, 1.82) is 0 Å². The minimum Gasteiger partial charge on any atom is -0.461 e. The van der Waals surface area contributed by atoms with Crippen molar-refractivity contribution in [1.82, 2.24) is 5.32 Å². The largest absolute Gasteiger partial charge is 0.461 e. The van der Waals surface area contributed by atoms with Gasteiger partial charge in [0.2, 0.25) is 5.91 Å². The highest BCUT2D eigenvalue weighted by Crippen LogP contribution is 2.24. The number of rotatable bonds is 16. The van der Waals surface area contributed by atoms with Gasteiger partial charge in [0.05, 0.1) is 6.42 Å². The highest BCUT2D eigenvalue weighted by molar-refractivity contribution is 6.02. The predicted molar refractivity (Wildman–Crippen MR) is 206 cm³/mol. The summed E-state index contributed by atoms with van der Waals surface area (Å²) in [5.74, 6) is -2.20. The summed E-state index contributed by atoms with van der Waals surface area (Å²) < 4.78 is 11.4. The first kappa shape index (κ1) is 36.5. The molecule has 0 radical (unpaired) electrons. The van der Waals surface area contributed by atoms with Crippen LogP contribution in [-0.2, 0) is 43.3 Å². The Kier molecular flexibility index (Phi) is 12.2. The maximum absolute atomic E-state index is 14.2. The molecule has 0 fully saturated rings. The number of hydrogen-bond donors (Lipinski definition) is 2. The molecule has 268 valence electrons. The van der Waals surface area contributed by atoms with Crippen LogP contribution in [0.3, 0.4) is 0 Å². The van der Waals surface area contributed by atoms with Gasteiger partial charge in [0.1, 0.15) is 18.8 Å². The third-order valence-electron chi connectivity index (χ3n) is 9.15. The summed E-state index contributed by atoms with van der Waals surface area (Å²) >= 11 is 0. The number of primary amides is 1. The summed E-state index contributed by atoms with van der Waals surface area (Å²) in [5.41, 5.74) is 9.59. The molecule has 8 nitrogen and oxygen atoms in total. The Morgan fingerprint density at radius 3 is 1.92 bits per heavy atom. The molecule has 2 atom stereocenters. The van der Waals surface area contributed by atoms with Gasteiger partial charge in [-0.2, -0.15) is 0 Å². The second-order valence-corrected chi connectivity index (χ2v) is 13.2. The lowest BCUT2D eigenvalue weighted by molar-refractivity contribution is -0.153. The second-order valence-electron chi connectivity index (χ2n) is 13.2. The van der Waals surface area contributed by atoms with E-state index in [-0.39, 0.29) is 38.7 Å². The number of hydrogen-bond acceptors (Lipinski definition) is 6. The van der Waals surface area contributed by atoms with Crippen LogP contribution in [0.15, 0.2) is 140 Å². The van der Waals surface area contributed by atoms with Gasteiger partial charge in [0.25, 0.3) is 5.91 Å². The van der Waals surface area contributed by atoms with Gasteiger partial charge in [-0.15, -0.1) is 0 Å². The lowest BCUT2D eigenvalue weighted by Crippen LogP contribution is -2.44. The van der Waals surface area contributed by atoms with Gasteiger partial charge in [0, 0.05) is 18.4 Å². The highest BCUT2D eigenvalue weighted by Gasteiger charge is 2.28. The Balaban J connectivity index is 1.22. The minimum absolute atomic E-state index is 0.0313. The Hall–Kier alpha value is -6.28. The van der Waals surface area contributed by atoms with E-state index in [0.717, 1.165) is 43.8 Å². The van der Waals surface area contributed by atoms with Gasteiger partial charge in [-0.25, -0.2) is 4.79 Å². The van der Waals surface area contributed by atoms with E-state index in [1.165, 1.54) is 0 Å². The number of ether oxygens (including phenoxy) is 2. The lowest BCUT2D eigenvalue weighted by Gasteiger charge is -2.23. The smallest absolute Gasteiger partial charge is 0.328 e. The molecule has 53 heavy (non-hydrogen) atoms. The van der Waals surface area contributed by atoms with Crippen molar-refractivity contribution in [2.75, 3.05) is 0 Å². The molecule has 0 saturated heterocycles. The quantitative estimate of drug-likeness (QED) is 0.0998. The SMILES string of the molecule is NC(=O)C[C@H](Cc1ccc2ccccc2c1)OC(=O)[C@H](CCCC(=O)OCc1ccccc1)NC(=O)c1cc2ccccc2cc1Cc1ccccc1. The van der Waals surface area contributed by atoms with Crippen LogP contribution in [0.25, 0.3) is 21.5 Å². The summed E-state index contributed by atoms with van der Waals surface area (Å²) in [4.78, 5) is 53.0. The zero-order valence-electron chi connectivity index (χ0n) is 29.4. The fourth-order valence-corrected chi connectivity index (χ4v) is 6.46. The van der Waals surface area contributed by atoms with Crippen molar-refractivity contribution >= 4 is 45.3 Å². The van der Waals surface area contributed by atoms with Crippen molar-refractivity contribution in [2.45, 2.75) is 57.3 Å². The van der Waals surface area contributed by atoms with E-state index in [2.05, 4.69) is 5.32 Å². The van der Waals surface area contributed by atoms with Gasteiger partial charge >= 0.3 is 11.9 Å². The molecule has 3 N–H and O–H groups in total. The molecule has 0 aliphatic heterocycles. The molecule has 0 spiro atoms. The second kappa shape index (κ2) is 17.8. The fourth-order valence-electron chi connectivity index (χ4n) is 6.46. The van der Waals surface area contributed by atoms with Crippen molar-refractivity contribution in [3.63, 3.8) is 0 Å². The number of amides is 2. The zero-order chi connectivity index (χ0) is 37.0.